The Hall–Kier alpha value is -3.11. The highest BCUT2D eigenvalue weighted by Crippen LogP contribution is 2.28. The zero-order valence-electron chi connectivity index (χ0n) is 22.2. The lowest BCUT2D eigenvalue weighted by Crippen LogP contribution is -2.50. The molecule has 0 saturated carbocycles. The third-order valence-corrected chi connectivity index (χ3v) is 7.55. The molecule has 1 aliphatic rings. The van der Waals surface area contributed by atoms with Gasteiger partial charge in [-0.05, 0) is 56.2 Å². The Morgan fingerprint density at radius 2 is 1.71 bits per heavy atom. The molecule has 2 aromatic carbocycles. The first-order valence-electron chi connectivity index (χ1n) is 12.6. The topological polar surface area (TPSA) is 86.8 Å². The van der Waals surface area contributed by atoms with Gasteiger partial charge in [-0.3, -0.25) is 5.32 Å². The number of halogens is 1. The fourth-order valence-electron chi connectivity index (χ4n) is 4.09. The number of hydrogen-bond donors (Lipinski definition) is 2. The Kier molecular flexibility index (Phi) is 8.94. The molecule has 3 amide bonds. The van der Waals surface area contributed by atoms with E-state index in [0.29, 0.717) is 24.8 Å². The molecule has 1 aliphatic heterocycles. The third-order valence-electron chi connectivity index (χ3n) is 6.24. The molecule has 0 radical (unpaired) electrons. The molecule has 2 heterocycles. The van der Waals surface area contributed by atoms with Crippen molar-refractivity contribution in [2.45, 2.75) is 45.8 Å². The molecule has 1 atom stereocenters. The quantitative estimate of drug-likeness (QED) is 0.340. The summed E-state index contributed by atoms with van der Waals surface area (Å²) >= 11 is 4.88. The summed E-state index contributed by atoms with van der Waals surface area (Å²) in [5.41, 5.74) is 3.70. The Labute approximate surface area is 236 Å². The van der Waals surface area contributed by atoms with Crippen molar-refractivity contribution in [2.24, 2.45) is 0 Å². The molecule has 0 bridgehead atoms. The van der Waals surface area contributed by atoms with Crippen LogP contribution in [0.1, 0.15) is 50.4 Å². The van der Waals surface area contributed by atoms with E-state index < -0.39 is 5.60 Å². The Bertz CT molecular complexity index is 1230. The fourth-order valence-corrected chi connectivity index (χ4v) is 5.15. The van der Waals surface area contributed by atoms with Gasteiger partial charge in [0.2, 0.25) is 0 Å². The predicted octanol–water partition coefficient (Wildman–Crippen LogP) is 6.44. The second kappa shape index (κ2) is 12.2. The van der Waals surface area contributed by atoms with E-state index in [1.165, 1.54) is 16.9 Å². The van der Waals surface area contributed by atoms with Gasteiger partial charge in [0.15, 0.2) is 5.13 Å². The average molecular weight is 601 g/mol. The zero-order valence-corrected chi connectivity index (χ0v) is 24.6. The summed E-state index contributed by atoms with van der Waals surface area (Å²) in [5, 5.41) is 8.29. The third kappa shape index (κ3) is 7.70. The van der Waals surface area contributed by atoms with Crippen LogP contribution in [0.5, 0.6) is 0 Å². The molecule has 10 heteroatoms. The lowest BCUT2D eigenvalue weighted by molar-refractivity contribution is 0.0240. The number of nitrogens with zero attached hydrogens (tertiary/aromatic N) is 3. The zero-order chi connectivity index (χ0) is 27.3. The highest BCUT2D eigenvalue weighted by molar-refractivity contribution is 9.10. The number of thiazole rings is 1. The summed E-state index contributed by atoms with van der Waals surface area (Å²) in [7, 11) is 0. The number of nitrogens with one attached hydrogen (secondary N) is 2. The number of urea groups is 1. The van der Waals surface area contributed by atoms with Crippen molar-refractivity contribution in [1.29, 1.82) is 0 Å². The minimum atomic E-state index is -0.489. The first kappa shape index (κ1) is 27.9. The molecule has 4 rings (SSSR count). The second-order valence-electron chi connectivity index (χ2n) is 10.3. The van der Waals surface area contributed by atoms with Gasteiger partial charge in [0.25, 0.3) is 0 Å². The molecule has 1 aromatic heterocycles. The van der Waals surface area contributed by atoms with Gasteiger partial charge in [-0.2, -0.15) is 0 Å². The number of amides is 3. The normalized spacial score (nSPS) is 14.7. The van der Waals surface area contributed by atoms with Crippen LogP contribution in [0.3, 0.4) is 0 Å². The van der Waals surface area contributed by atoms with Gasteiger partial charge in [-0.25, -0.2) is 14.6 Å². The number of hydrogen-bond acceptors (Lipinski definition) is 6. The van der Waals surface area contributed by atoms with E-state index in [1.54, 1.807) is 4.90 Å². The Morgan fingerprint density at radius 3 is 2.34 bits per heavy atom. The van der Waals surface area contributed by atoms with E-state index >= 15 is 0 Å². The van der Waals surface area contributed by atoms with E-state index in [1.807, 2.05) is 50.4 Å². The summed E-state index contributed by atoms with van der Waals surface area (Å²) in [6, 6.07) is 16.0. The molecular formula is C28H34BrN5O3S. The number of anilines is 2. The average Bonchev–Trinajstić information content (AvgIpc) is 3.35. The number of carbonyl (C=O) groups is 2. The summed E-state index contributed by atoms with van der Waals surface area (Å²) in [6.45, 7) is 10.9. The van der Waals surface area contributed by atoms with Gasteiger partial charge in [-0.1, -0.05) is 47.1 Å². The van der Waals surface area contributed by atoms with Gasteiger partial charge >= 0.3 is 12.1 Å². The van der Waals surface area contributed by atoms with E-state index in [0.717, 1.165) is 34.5 Å². The van der Waals surface area contributed by atoms with Crippen LogP contribution in [0.15, 0.2) is 58.4 Å². The predicted molar refractivity (Wildman–Crippen MR) is 156 cm³/mol. The molecule has 0 spiro atoms. The van der Waals surface area contributed by atoms with E-state index in [2.05, 4.69) is 67.6 Å². The maximum Gasteiger partial charge on any atom is 0.410 e. The first-order chi connectivity index (χ1) is 18.1. The minimum Gasteiger partial charge on any atom is -0.444 e. The molecule has 3 aromatic rings. The molecule has 2 N–H and O–H groups in total. The molecule has 1 saturated heterocycles. The first-order valence-corrected chi connectivity index (χ1v) is 14.3. The van der Waals surface area contributed by atoms with Crippen molar-refractivity contribution in [3.8, 4) is 0 Å². The number of piperazine rings is 1. The van der Waals surface area contributed by atoms with Crippen molar-refractivity contribution >= 4 is 50.2 Å². The van der Waals surface area contributed by atoms with Crippen molar-refractivity contribution in [3.63, 3.8) is 0 Å². The van der Waals surface area contributed by atoms with Crippen LogP contribution in [0.25, 0.3) is 0 Å². The second-order valence-corrected chi connectivity index (χ2v) is 12.1. The summed E-state index contributed by atoms with van der Waals surface area (Å²) in [4.78, 5) is 33.3. The maximum absolute atomic E-state index is 12.4. The van der Waals surface area contributed by atoms with E-state index in [9.17, 15) is 9.59 Å². The van der Waals surface area contributed by atoms with Crippen molar-refractivity contribution in [2.75, 3.05) is 36.4 Å². The largest absolute Gasteiger partial charge is 0.444 e. The van der Waals surface area contributed by atoms with Crippen molar-refractivity contribution < 1.29 is 14.3 Å². The van der Waals surface area contributed by atoms with Gasteiger partial charge in [-0.15, -0.1) is 11.3 Å². The van der Waals surface area contributed by atoms with Crippen LogP contribution in [0.4, 0.5) is 20.4 Å². The van der Waals surface area contributed by atoms with Crippen LogP contribution in [-0.2, 0) is 11.3 Å². The maximum atomic E-state index is 12.4. The smallest absolute Gasteiger partial charge is 0.410 e. The summed E-state index contributed by atoms with van der Waals surface area (Å²) in [5.74, 6) is 0.136. The minimum absolute atomic E-state index is 0.136. The lowest BCUT2D eigenvalue weighted by Gasteiger charge is -2.36. The molecule has 8 nitrogen and oxygen atoms in total. The van der Waals surface area contributed by atoms with Crippen molar-refractivity contribution in [1.82, 2.24) is 15.2 Å². The van der Waals surface area contributed by atoms with Gasteiger partial charge in [0, 0.05) is 54.2 Å². The van der Waals surface area contributed by atoms with Gasteiger partial charge < -0.3 is 19.9 Å². The highest BCUT2D eigenvalue weighted by atomic mass is 79.9. The molecule has 1 fully saturated rings. The van der Waals surface area contributed by atoms with Crippen LogP contribution in [-0.4, -0.2) is 53.8 Å². The number of rotatable bonds is 6. The summed E-state index contributed by atoms with van der Waals surface area (Å²) < 4.78 is 6.52. The van der Waals surface area contributed by atoms with Gasteiger partial charge in [0.1, 0.15) is 5.60 Å². The summed E-state index contributed by atoms with van der Waals surface area (Å²) in [6.07, 6.45) is -0.259. The lowest BCUT2D eigenvalue weighted by atomic mass is 9.99. The van der Waals surface area contributed by atoms with Crippen molar-refractivity contribution in [3.05, 3.63) is 75.2 Å². The van der Waals surface area contributed by atoms with Crippen LogP contribution in [0, 0.1) is 0 Å². The molecule has 38 heavy (non-hydrogen) atoms. The molecular weight excluding hydrogens is 566 g/mol. The van der Waals surface area contributed by atoms with Crippen LogP contribution < -0.4 is 15.5 Å². The Balaban J connectivity index is 1.22. The fraction of sp³-hybridized carbons (Fsp3) is 0.393. The van der Waals surface area contributed by atoms with Crippen LogP contribution >= 0.6 is 27.3 Å². The molecule has 202 valence electrons. The van der Waals surface area contributed by atoms with Gasteiger partial charge in [0.05, 0.1) is 5.69 Å². The number of aromatic nitrogens is 1. The molecule has 0 aliphatic carbocycles. The standard InChI is InChI=1S/C28H34BrN5O3S/c1-19(21-7-9-22(29)10-8-21)24-18-38-26(31-24)32-25(35)30-17-20-5-11-23(12-6-20)33-13-15-34(16-14-33)27(36)37-28(2,3)4/h5-12,18-19H,13-17H2,1-4H3,(H2,30,31,32,35). The number of benzene rings is 2. The monoisotopic (exact) mass is 599 g/mol. The molecule has 1 unspecified atom stereocenters. The van der Waals surface area contributed by atoms with E-state index in [4.69, 9.17) is 4.74 Å². The number of ether oxygens (including phenoxy) is 1. The SMILES string of the molecule is CC(c1ccc(Br)cc1)c1csc(NC(=O)NCc2ccc(N3CCN(C(=O)OC(C)(C)C)CC3)cc2)n1. The van der Waals surface area contributed by atoms with E-state index in [-0.39, 0.29) is 18.0 Å². The number of carbonyl (C=O) groups excluding carboxylic acids is 2. The Morgan fingerprint density at radius 1 is 1.05 bits per heavy atom. The highest BCUT2D eigenvalue weighted by Gasteiger charge is 2.26. The van der Waals surface area contributed by atoms with Crippen LogP contribution in [0.2, 0.25) is 0 Å².